The summed E-state index contributed by atoms with van der Waals surface area (Å²) in [6, 6.07) is 14.1. The number of carbonyl (C=O) groups excluding carboxylic acids is 2. The molecule has 7 nitrogen and oxygen atoms in total. The van der Waals surface area contributed by atoms with Gasteiger partial charge in [0.05, 0.1) is 6.04 Å². The molecule has 0 spiro atoms. The van der Waals surface area contributed by atoms with E-state index in [4.69, 9.17) is 11.6 Å². The molecule has 0 saturated carbocycles. The summed E-state index contributed by atoms with van der Waals surface area (Å²) in [4.78, 5) is 27.0. The lowest BCUT2D eigenvalue weighted by Gasteiger charge is -2.23. The van der Waals surface area contributed by atoms with Gasteiger partial charge in [0.2, 0.25) is 5.01 Å². The number of benzene rings is 2. The van der Waals surface area contributed by atoms with Crippen molar-refractivity contribution in [1.82, 2.24) is 15.1 Å². The number of aryl methyl sites for hydroxylation is 1. The van der Waals surface area contributed by atoms with E-state index >= 15 is 0 Å². The molecule has 4 rings (SSSR count). The Morgan fingerprint density at radius 3 is 2.43 bits per heavy atom. The van der Waals surface area contributed by atoms with Crippen LogP contribution in [-0.4, -0.2) is 33.6 Å². The molecule has 3 aromatic rings. The molecule has 1 unspecified atom stereocenters. The van der Waals surface area contributed by atoms with E-state index in [0.29, 0.717) is 27.9 Å². The average Bonchev–Trinajstić information content (AvgIpc) is 3.40. The van der Waals surface area contributed by atoms with E-state index in [1.54, 1.807) is 29.2 Å². The first-order valence-electron chi connectivity index (χ1n) is 9.54. The van der Waals surface area contributed by atoms with Crippen LogP contribution in [0.4, 0.5) is 16.2 Å². The van der Waals surface area contributed by atoms with Gasteiger partial charge in [-0.1, -0.05) is 40.6 Å². The quantitative estimate of drug-likeness (QED) is 0.588. The van der Waals surface area contributed by atoms with Gasteiger partial charge in [0, 0.05) is 22.9 Å². The van der Waals surface area contributed by atoms with Crippen LogP contribution in [-0.2, 0) is 0 Å². The fourth-order valence-corrected chi connectivity index (χ4v) is 4.29. The molecule has 1 atom stereocenters. The molecule has 3 amide bonds. The molecule has 1 fully saturated rings. The maximum atomic E-state index is 12.8. The van der Waals surface area contributed by atoms with Gasteiger partial charge < -0.3 is 15.5 Å². The third kappa shape index (κ3) is 4.60. The molecule has 1 aromatic heterocycles. The van der Waals surface area contributed by atoms with E-state index in [-0.39, 0.29) is 23.0 Å². The van der Waals surface area contributed by atoms with Gasteiger partial charge in [-0.3, -0.25) is 4.79 Å². The van der Waals surface area contributed by atoms with Crippen LogP contribution in [0.1, 0.15) is 39.3 Å². The van der Waals surface area contributed by atoms with Crippen LogP contribution in [0.15, 0.2) is 48.5 Å². The van der Waals surface area contributed by atoms with Gasteiger partial charge in [-0.2, -0.15) is 0 Å². The zero-order chi connectivity index (χ0) is 21.1. The van der Waals surface area contributed by atoms with E-state index in [0.717, 1.165) is 18.4 Å². The van der Waals surface area contributed by atoms with E-state index in [1.807, 2.05) is 31.2 Å². The summed E-state index contributed by atoms with van der Waals surface area (Å²) in [5, 5.41) is 15.5. The monoisotopic (exact) mass is 441 g/mol. The number of carbonyl (C=O) groups is 2. The summed E-state index contributed by atoms with van der Waals surface area (Å²) < 4.78 is 0. The van der Waals surface area contributed by atoms with Crippen molar-refractivity contribution in [2.75, 3.05) is 17.2 Å². The van der Waals surface area contributed by atoms with Gasteiger partial charge in [-0.05, 0) is 56.2 Å². The van der Waals surface area contributed by atoms with E-state index in [2.05, 4.69) is 20.8 Å². The minimum Gasteiger partial charge on any atom is -0.320 e. The number of likely N-dealkylation sites (tertiary alicyclic amines) is 1. The second-order valence-corrected chi connectivity index (χ2v) is 8.50. The fourth-order valence-electron chi connectivity index (χ4n) is 3.28. The van der Waals surface area contributed by atoms with Gasteiger partial charge in [0.25, 0.3) is 5.91 Å². The molecule has 1 aliphatic rings. The van der Waals surface area contributed by atoms with Gasteiger partial charge in [0.1, 0.15) is 5.01 Å². The minimum atomic E-state index is -0.308. The summed E-state index contributed by atoms with van der Waals surface area (Å²) in [5.41, 5.74) is 2.49. The van der Waals surface area contributed by atoms with Crippen LogP contribution in [0.5, 0.6) is 0 Å². The van der Waals surface area contributed by atoms with Gasteiger partial charge >= 0.3 is 6.03 Å². The molecule has 0 radical (unpaired) electrons. The van der Waals surface area contributed by atoms with Crippen molar-refractivity contribution >= 4 is 46.3 Å². The summed E-state index contributed by atoms with van der Waals surface area (Å²) in [5.74, 6) is -0.308. The van der Waals surface area contributed by atoms with Crippen LogP contribution in [0.25, 0.3) is 0 Å². The van der Waals surface area contributed by atoms with Crippen LogP contribution in [0.2, 0.25) is 5.02 Å². The molecule has 2 N–H and O–H groups in total. The lowest BCUT2D eigenvalue weighted by atomic mass is 10.2. The highest BCUT2D eigenvalue weighted by atomic mass is 35.5. The van der Waals surface area contributed by atoms with Crippen molar-refractivity contribution in [2.45, 2.75) is 25.8 Å². The number of hydrogen-bond acceptors (Lipinski definition) is 5. The molecule has 2 aromatic carbocycles. The van der Waals surface area contributed by atoms with Gasteiger partial charge in [-0.25, -0.2) is 4.79 Å². The van der Waals surface area contributed by atoms with Crippen LogP contribution in [0, 0.1) is 6.92 Å². The van der Waals surface area contributed by atoms with Gasteiger partial charge in [0.15, 0.2) is 0 Å². The highest BCUT2D eigenvalue weighted by Gasteiger charge is 2.33. The second-order valence-electron chi connectivity index (χ2n) is 7.05. The highest BCUT2D eigenvalue weighted by Crippen LogP contribution is 2.34. The number of halogens is 1. The molecule has 1 saturated heterocycles. The second kappa shape index (κ2) is 8.81. The highest BCUT2D eigenvalue weighted by molar-refractivity contribution is 7.13. The van der Waals surface area contributed by atoms with Crippen molar-refractivity contribution in [3.05, 3.63) is 69.1 Å². The first kappa shape index (κ1) is 20.3. The summed E-state index contributed by atoms with van der Waals surface area (Å²) in [6.07, 6.45) is 1.64. The lowest BCUT2D eigenvalue weighted by Crippen LogP contribution is -2.34. The number of nitrogens with zero attached hydrogens (tertiary/aromatic N) is 3. The minimum absolute atomic E-state index is 0.198. The van der Waals surface area contributed by atoms with Crippen molar-refractivity contribution in [2.24, 2.45) is 0 Å². The van der Waals surface area contributed by atoms with E-state index in [1.165, 1.54) is 11.3 Å². The molecule has 1 aliphatic heterocycles. The fraction of sp³-hybridized carbons (Fsp3) is 0.238. The predicted octanol–water partition coefficient (Wildman–Crippen LogP) is 5.12. The van der Waals surface area contributed by atoms with Crippen molar-refractivity contribution in [3.63, 3.8) is 0 Å². The van der Waals surface area contributed by atoms with Crippen LogP contribution >= 0.6 is 22.9 Å². The Morgan fingerprint density at radius 2 is 1.70 bits per heavy atom. The van der Waals surface area contributed by atoms with Crippen molar-refractivity contribution in [3.8, 4) is 0 Å². The van der Waals surface area contributed by atoms with Gasteiger partial charge in [-0.15, -0.1) is 10.2 Å². The number of aromatic nitrogens is 2. The molecular weight excluding hydrogens is 422 g/mol. The Hall–Kier alpha value is -2.97. The number of anilines is 2. The molecular formula is C21H20ClN5O2S. The Balaban J connectivity index is 1.43. The first-order chi connectivity index (χ1) is 14.5. The van der Waals surface area contributed by atoms with Crippen molar-refractivity contribution in [1.29, 1.82) is 0 Å². The standard InChI is InChI=1S/C21H20ClN5O2S/c1-13-4-8-15(9-5-13)23-18(28)20-26-25-19(30-20)17-3-2-12-27(17)21(29)24-16-10-6-14(22)7-11-16/h4-11,17H,2-3,12H2,1H3,(H,23,28)(H,24,29). The smallest absolute Gasteiger partial charge is 0.320 e. The molecule has 9 heteroatoms. The van der Waals surface area contributed by atoms with Crippen LogP contribution < -0.4 is 10.6 Å². The normalized spacial score (nSPS) is 15.8. The third-order valence-electron chi connectivity index (χ3n) is 4.84. The topological polar surface area (TPSA) is 87.2 Å². The number of urea groups is 1. The summed E-state index contributed by atoms with van der Waals surface area (Å²) >= 11 is 7.11. The van der Waals surface area contributed by atoms with Crippen LogP contribution in [0.3, 0.4) is 0 Å². The zero-order valence-corrected chi connectivity index (χ0v) is 17.8. The number of hydrogen-bond donors (Lipinski definition) is 2. The molecule has 0 aliphatic carbocycles. The Bertz CT molecular complexity index is 1050. The number of amides is 3. The maximum Gasteiger partial charge on any atom is 0.322 e. The molecule has 30 heavy (non-hydrogen) atoms. The van der Waals surface area contributed by atoms with Crippen molar-refractivity contribution < 1.29 is 9.59 Å². The third-order valence-corrected chi connectivity index (χ3v) is 6.11. The SMILES string of the molecule is Cc1ccc(NC(=O)c2nnc(C3CCCN3C(=O)Nc3ccc(Cl)cc3)s2)cc1. The average molecular weight is 442 g/mol. The molecule has 154 valence electrons. The zero-order valence-electron chi connectivity index (χ0n) is 16.3. The molecule has 0 bridgehead atoms. The molecule has 2 heterocycles. The van der Waals surface area contributed by atoms with E-state index in [9.17, 15) is 9.59 Å². The largest absolute Gasteiger partial charge is 0.322 e. The Kier molecular flexibility index (Phi) is 5.96. The number of rotatable bonds is 4. The Morgan fingerprint density at radius 1 is 1.03 bits per heavy atom. The number of nitrogens with one attached hydrogen (secondary N) is 2. The first-order valence-corrected chi connectivity index (χ1v) is 10.7. The maximum absolute atomic E-state index is 12.8. The summed E-state index contributed by atoms with van der Waals surface area (Å²) in [6.45, 7) is 2.60. The predicted molar refractivity (Wildman–Crippen MR) is 118 cm³/mol. The van der Waals surface area contributed by atoms with E-state index < -0.39 is 0 Å². The Labute approximate surface area is 183 Å². The lowest BCUT2D eigenvalue weighted by molar-refractivity contribution is 0.102. The summed E-state index contributed by atoms with van der Waals surface area (Å²) in [7, 11) is 0.